The van der Waals surface area contributed by atoms with Gasteiger partial charge in [-0.1, -0.05) is 58.4 Å². The molecule has 1 amide bonds. The molecule has 2 aliphatic rings. The van der Waals surface area contributed by atoms with E-state index in [0.29, 0.717) is 12.3 Å². The fraction of sp³-hybridized carbons (Fsp3) is 0.552. The Morgan fingerprint density at radius 1 is 1.21 bits per heavy atom. The molecule has 1 fully saturated rings. The lowest BCUT2D eigenvalue weighted by molar-refractivity contribution is -0.149. The zero-order chi connectivity index (χ0) is 24.5. The number of fused-ring (bicyclic) bond motifs is 3. The fourth-order valence-corrected chi connectivity index (χ4v) is 6.56. The minimum absolute atomic E-state index is 0.0371. The maximum Gasteiger partial charge on any atom is 0.328 e. The second-order valence-electron chi connectivity index (χ2n) is 11.0. The summed E-state index contributed by atoms with van der Waals surface area (Å²) in [7, 11) is 1.37. The predicted octanol–water partition coefficient (Wildman–Crippen LogP) is 5.12. The van der Waals surface area contributed by atoms with Gasteiger partial charge in [-0.2, -0.15) is 0 Å². The van der Waals surface area contributed by atoms with Crippen molar-refractivity contribution in [1.29, 1.82) is 0 Å². The van der Waals surface area contributed by atoms with E-state index in [-0.39, 0.29) is 17.2 Å². The highest BCUT2D eigenvalue weighted by atomic mass is 16.5. The molecule has 34 heavy (non-hydrogen) atoms. The number of hydrogen-bond acceptors (Lipinski definition) is 4. The average molecular weight is 463 g/mol. The number of esters is 1. The van der Waals surface area contributed by atoms with Crippen LogP contribution >= 0.6 is 0 Å². The lowest BCUT2D eigenvalue weighted by Gasteiger charge is -2.54. The second kappa shape index (κ2) is 9.52. The van der Waals surface area contributed by atoms with Crippen molar-refractivity contribution < 1.29 is 14.3 Å². The molecule has 1 saturated carbocycles. The van der Waals surface area contributed by atoms with Crippen LogP contribution in [0.25, 0.3) is 0 Å². The molecule has 0 spiro atoms. The molecule has 1 aromatic heterocycles. The molecule has 2 aromatic rings. The predicted molar refractivity (Wildman–Crippen MR) is 134 cm³/mol. The number of pyridine rings is 1. The number of rotatable bonds is 6. The van der Waals surface area contributed by atoms with Gasteiger partial charge in [0.15, 0.2) is 0 Å². The Labute approximate surface area is 203 Å². The maximum absolute atomic E-state index is 13.9. The number of benzene rings is 1. The Morgan fingerprint density at radius 3 is 2.68 bits per heavy atom. The molecule has 182 valence electrons. The average Bonchev–Trinajstić information content (AvgIpc) is 2.83. The Bertz CT molecular complexity index is 1050. The van der Waals surface area contributed by atoms with Gasteiger partial charge in [0.05, 0.1) is 12.5 Å². The summed E-state index contributed by atoms with van der Waals surface area (Å²) in [6, 6.07) is 10.00. The number of carbonyl (C=O) groups excluding carboxylic acids is 2. The molecule has 0 saturated heterocycles. The summed E-state index contributed by atoms with van der Waals surface area (Å²) in [5.41, 5.74) is 4.54. The van der Waals surface area contributed by atoms with Crippen LogP contribution in [-0.2, 0) is 32.6 Å². The number of methoxy groups -OCH3 is 1. The lowest BCUT2D eigenvalue weighted by atomic mass is 9.49. The SMILES string of the molecule is COC(=O)[C@@H](Cc1cccnc1)NC(=O)[C@]1(C)CCC[C@]2(C)c3ccc(C(C)C)cc3CC[C@@H]12. The number of nitrogens with one attached hydrogen (secondary N) is 1. The quantitative estimate of drug-likeness (QED) is 0.606. The third-order valence-electron chi connectivity index (χ3n) is 8.52. The molecule has 0 radical (unpaired) electrons. The summed E-state index contributed by atoms with van der Waals surface area (Å²) in [5, 5.41) is 3.08. The normalized spacial score (nSPS) is 26.8. The second-order valence-corrected chi connectivity index (χ2v) is 11.0. The summed E-state index contributed by atoms with van der Waals surface area (Å²) in [4.78, 5) is 30.6. The van der Waals surface area contributed by atoms with E-state index in [4.69, 9.17) is 4.74 Å². The smallest absolute Gasteiger partial charge is 0.328 e. The van der Waals surface area contributed by atoms with Crippen molar-refractivity contribution in [2.24, 2.45) is 11.3 Å². The summed E-state index contributed by atoms with van der Waals surface area (Å²) in [6.07, 6.45) is 8.69. The van der Waals surface area contributed by atoms with E-state index in [0.717, 1.165) is 37.7 Å². The molecular formula is C29H38N2O3. The van der Waals surface area contributed by atoms with E-state index >= 15 is 0 Å². The van der Waals surface area contributed by atoms with Gasteiger partial charge in [0.2, 0.25) is 5.91 Å². The molecule has 2 aliphatic carbocycles. The van der Waals surface area contributed by atoms with Crippen molar-refractivity contribution in [2.75, 3.05) is 7.11 Å². The molecule has 5 nitrogen and oxygen atoms in total. The highest BCUT2D eigenvalue weighted by molar-refractivity contribution is 5.88. The number of amides is 1. The molecule has 4 rings (SSSR count). The first-order valence-electron chi connectivity index (χ1n) is 12.6. The van der Waals surface area contributed by atoms with Crippen molar-refractivity contribution in [3.63, 3.8) is 0 Å². The molecule has 1 N–H and O–H groups in total. The van der Waals surface area contributed by atoms with Crippen LogP contribution in [-0.4, -0.2) is 30.0 Å². The first-order valence-corrected chi connectivity index (χ1v) is 12.6. The van der Waals surface area contributed by atoms with E-state index in [9.17, 15) is 9.59 Å². The maximum atomic E-state index is 13.9. The highest BCUT2D eigenvalue weighted by Gasteiger charge is 2.55. The molecule has 1 heterocycles. The van der Waals surface area contributed by atoms with Crippen LogP contribution < -0.4 is 5.32 Å². The highest BCUT2D eigenvalue weighted by Crippen LogP contribution is 2.57. The van der Waals surface area contributed by atoms with Crippen molar-refractivity contribution in [1.82, 2.24) is 10.3 Å². The largest absolute Gasteiger partial charge is 0.467 e. The Hall–Kier alpha value is -2.69. The van der Waals surface area contributed by atoms with E-state index in [1.165, 1.54) is 23.8 Å². The summed E-state index contributed by atoms with van der Waals surface area (Å²) >= 11 is 0. The monoisotopic (exact) mass is 462 g/mol. The van der Waals surface area contributed by atoms with Crippen molar-refractivity contribution in [3.8, 4) is 0 Å². The molecule has 0 aliphatic heterocycles. The van der Waals surface area contributed by atoms with Crippen LogP contribution in [0.5, 0.6) is 0 Å². The van der Waals surface area contributed by atoms with Gasteiger partial charge in [0.1, 0.15) is 6.04 Å². The Balaban J connectivity index is 1.61. The first kappa shape index (κ1) is 24.4. The van der Waals surface area contributed by atoms with E-state index < -0.39 is 17.4 Å². The molecule has 1 aromatic carbocycles. The van der Waals surface area contributed by atoms with Gasteiger partial charge in [0.25, 0.3) is 0 Å². The zero-order valence-electron chi connectivity index (χ0n) is 21.2. The molecule has 0 unspecified atom stereocenters. The topological polar surface area (TPSA) is 68.3 Å². The number of aryl methyl sites for hydroxylation is 1. The number of aromatic nitrogens is 1. The standard InChI is InChI=1S/C29H38N2O3/c1-19(2)21-9-11-23-22(17-21)10-12-25-28(23,3)13-7-14-29(25,4)27(33)31-24(26(32)34-5)16-20-8-6-15-30-18-20/h6,8-9,11,15,17-19,24-25H,7,10,12-14,16H2,1-5H3,(H,31,33)/t24-,25-,28-,29-/m1/s1. The first-order chi connectivity index (χ1) is 16.2. The number of hydrogen-bond donors (Lipinski definition) is 1. The summed E-state index contributed by atoms with van der Waals surface area (Å²) in [6.45, 7) is 8.93. The van der Waals surface area contributed by atoms with Gasteiger partial charge in [-0.3, -0.25) is 9.78 Å². The third kappa shape index (κ3) is 4.37. The molecular weight excluding hydrogens is 424 g/mol. The van der Waals surface area contributed by atoms with Crippen LogP contribution in [0.3, 0.4) is 0 Å². The Kier molecular flexibility index (Phi) is 6.84. The van der Waals surface area contributed by atoms with Crippen molar-refractivity contribution in [2.45, 2.75) is 83.6 Å². The number of nitrogens with zero attached hydrogens (tertiary/aromatic N) is 1. The lowest BCUT2D eigenvalue weighted by Crippen LogP contribution is -2.57. The number of carbonyl (C=O) groups is 2. The summed E-state index contributed by atoms with van der Waals surface area (Å²) < 4.78 is 5.04. The van der Waals surface area contributed by atoms with Crippen LogP contribution in [0.4, 0.5) is 0 Å². The minimum Gasteiger partial charge on any atom is -0.467 e. The van der Waals surface area contributed by atoms with Gasteiger partial charge in [0, 0.05) is 18.8 Å². The van der Waals surface area contributed by atoms with Gasteiger partial charge in [-0.25, -0.2) is 4.79 Å². The van der Waals surface area contributed by atoms with Gasteiger partial charge >= 0.3 is 5.97 Å². The minimum atomic E-state index is -0.726. The van der Waals surface area contributed by atoms with Crippen molar-refractivity contribution >= 4 is 11.9 Å². The zero-order valence-corrected chi connectivity index (χ0v) is 21.2. The van der Waals surface area contributed by atoms with Crippen LogP contribution in [0.2, 0.25) is 0 Å². The number of ether oxygens (including phenoxy) is 1. The van der Waals surface area contributed by atoms with Gasteiger partial charge < -0.3 is 10.1 Å². The summed E-state index contributed by atoms with van der Waals surface area (Å²) in [5.74, 6) is 0.274. The van der Waals surface area contributed by atoms with Crippen molar-refractivity contribution in [3.05, 3.63) is 65.0 Å². The molecule has 5 heteroatoms. The van der Waals surface area contributed by atoms with Crippen LogP contribution in [0.1, 0.15) is 81.5 Å². The van der Waals surface area contributed by atoms with E-state index in [2.05, 4.69) is 56.2 Å². The third-order valence-corrected chi connectivity index (χ3v) is 8.52. The fourth-order valence-electron chi connectivity index (χ4n) is 6.56. The van der Waals surface area contributed by atoms with Crippen LogP contribution in [0, 0.1) is 11.3 Å². The van der Waals surface area contributed by atoms with Gasteiger partial charge in [-0.15, -0.1) is 0 Å². The van der Waals surface area contributed by atoms with Crippen LogP contribution in [0.15, 0.2) is 42.7 Å². The van der Waals surface area contributed by atoms with E-state index in [1.54, 1.807) is 12.4 Å². The van der Waals surface area contributed by atoms with E-state index in [1.807, 2.05) is 12.1 Å². The van der Waals surface area contributed by atoms with Gasteiger partial charge in [-0.05, 0) is 71.3 Å². The molecule has 0 bridgehead atoms. The Morgan fingerprint density at radius 2 is 2.00 bits per heavy atom. The molecule has 4 atom stereocenters.